The second-order valence-electron chi connectivity index (χ2n) is 5.60. The van der Waals surface area contributed by atoms with Crippen molar-refractivity contribution in [1.82, 2.24) is 0 Å². The topological polar surface area (TPSA) is 26.3 Å². The van der Waals surface area contributed by atoms with Gasteiger partial charge in [-0.2, -0.15) is 0 Å². The second kappa shape index (κ2) is 6.55. The molecule has 102 valence electrons. The maximum absolute atomic E-state index is 11.8. The number of carbonyl (C=O) groups is 1. The molecular formula is C17H22O2. The van der Waals surface area contributed by atoms with Gasteiger partial charge < -0.3 is 4.74 Å². The monoisotopic (exact) mass is 258 g/mol. The van der Waals surface area contributed by atoms with Crippen molar-refractivity contribution in [3.63, 3.8) is 0 Å². The molecule has 19 heavy (non-hydrogen) atoms. The molecule has 0 saturated heterocycles. The average molecular weight is 258 g/mol. The quantitative estimate of drug-likeness (QED) is 0.570. The normalized spacial score (nSPS) is 21.8. The van der Waals surface area contributed by atoms with E-state index in [4.69, 9.17) is 4.74 Å². The summed E-state index contributed by atoms with van der Waals surface area (Å²) in [6, 6.07) is 9.83. The molecule has 1 aliphatic rings. The maximum Gasteiger partial charge on any atom is 0.309 e. The molecule has 1 fully saturated rings. The first kappa shape index (κ1) is 13.9. The predicted molar refractivity (Wildman–Crippen MR) is 76.4 cm³/mol. The highest BCUT2D eigenvalue weighted by Crippen LogP contribution is 2.42. The van der Waals surface area contributed by atoms with Gasteiger partial charge in [0.1, 0.15) is 6.61 Å². The van der Waals surface area contributed by atoms with Crippen LogP contribution in [0.5, 0.6) is 0 Å². The van der Waals surface area contributed by atoms with Crippen molar-refractivity contribution in [3.8, 4) is 0 Å². The van der Waals surface area contributed by atoms with Gasteiger partial charge in [-0.1, -0.05) is 56.3 Å². The molecule has 0 aromatic heterocycles. The van der Waals surface area contributed by atoms with Crippen LogP contribution in [0.15, 0.2) is 42.5 Å². The van der Waals surface area contributed by atoms with Gasteiger partial charge in [0.15, 0.2) is 0 Å². The minimum Gasteiger partial charge on any atom is -0.461 e. The molecule has 2 heteroatoms. The molecule has 1 aliphatic carbocycles. The Labute approximate surface area is 115 Å². The summed E-state index contributed by atoms with van der Waals surface area (Å²) >= 11 is 0. The molecule has 0 radical (unpaired) electrons. The number of benzene rings is 1. The van der Waals surface area contributed by atoms with Crippen molar-refractivity contribution < 1.29 is 9.53 Å². The van der Waals surface area contributed by atoms with Gasteiger partial charge in [-0.25, -0.2) is 0 Å². The maximum atomic E-state index is 11.8. The Morgan fingerprint density at radius 2 is 2.11 bits per heavy atom. The zero-order valence-corrected chi connectivity index (χ0v) is 11.7. The van der Waals surface area contributed by atoms with E-state index in [1.165, 1.54) is 0 Å². The van der Waals surface area contributed by atoms with Gasteiger partial charge in [-0.15, -0.1) is 0 Å². The first-order valence-corrected chi connectivity index (χ1v) is 7.04. The van der Waals surface area contributed by atoms with Crippen LogP contribution in [0.25, 0.3) is 0 Å². The van der Waals surface area contributed by atoms with Gasteiger partial charge >= 0.3 is 5.97 Å². The van der Waals surface area contributed by atoms with Crippen molar-refractivity contribution >= 4 is 5.97 Å². The minimum absolute atomic E-state index is 0.0354. The van der Waals surface area contributed by atoms with Crippen molar-refractivity contribution in [2.75, 3.05) is 0 Å². The number of allylic oxidation sites excluding steroid dienone is 2. The van der Waals surface area contributed by atoms with Crippen LogP contribution in [-0.4, -0.2) is 5.97 Å². The number of esters is 1. The summed E-state index contributed by atoms with van der Waals surface area (Å²) in [7, 11) is 0. The Morgan fingerprint density at radius 1 is 1.37 bits per heavy atom. The predicted octanol–water partition coefficient (Wildman–Crippen LogP) is 3.97. The minimum atomic E-state index is -0.0354. The fraction of sp³-hybridized carbons (Fsp3) is 0.471. The number of carbonyl (C=O) groups excluding carboxylic acids is 1. The van der Waals surface area contributed by atoms with Crippen LogP contribution in [-0.2, 0) is 16.1 Å². The van der Waals surface area contributed by atoms with Crippen LogP contribution in [0, 0.1) is 17.8 Å². The molecule has 2 atom stereocenters. The molecule has 1 aromatic rings. The molecule has 0 bridgehead atoms. The van der Waals surface area contributed by atoms with Gasteiger partial charge in [0.25, 0.3) is 0 Å². The smallest absolute Gasteiger partial charge is 0.309 e. The van der Waals surface area contributed by atoms with Crippen LogP contribution in [0.3, 0.4) is 0 Å². The first-order chi connectivity index (χ1) is 9.16. The lowest BCUT2D eigenvalue weighted by atomic mass is 10.1. The lowest BCUT2D eigenvalue weighted by molar-refractivity contribution is -0.146. The fourth-order valence-corrected chi connectivity index (χ4v) is 2.16. The summed E-state index contributed by atoms with van der Waals surface area (Å²) in [5, 5.41) is 0. The third-order valence-electron chi connectivity index (χ3n) is 3.41. The van der Waals surface area contributed by atoms with Gasteiger partial charge in [-0.05, 0) is 30.2 Å². The van der Waals surface area contributed by atoms with Crippen LogP contribution in [0.1, 0.15) is 32.3 Å². The molecule has 1 aromatic carbocycles. The molecule has 2 rings (SSSR count). The van der Waals surface area contributed by atoms with Crippen LogP contribution in [0.2, 0.25) is 0 Å². The molecule has 0 N–H and O–H groups in total. The van der Waals surface area contributed by atoms with Crippen molar-refractivity contribution in [2.24, 2.45) is 17.8 Å². The zero-order chi connectivity index (χ0) is 13.7. The second-order valence-corrected chi connectivity index (χ2v) is 5.60. The van der Waals surface area contributed by atoms with Crippen molar-refractivity contribution in [2.45, 2.75) is 33.3 Å². The van der Waals surface area contributed by atoms with E-state index in [1.54, 1.807) is 0 Å². The van der Waals surface area contributed by atoms with Crippen molar-refractivity contribution in [1.29, 1.82) is 0 Å². The van der Waals surface area contributed by atoms with Crippen LogP contribution < -0.4 is 0 Å². The third-order valence-corrected chi connectivity index (χ3v) is 3.41. The number of hydrogen-bond donors (Lipinski definition) is 0. The molecule has 0 aliphatic heterocycles. The zero-order valence-electron chi connectivity index (χ0n) is 11.7. The highest BCUT2D eigenvalue weighted by Gasteiger charge is 2.43. The van der Waals surface area contributed by atoms with Gasteiger partial charge in [0.2, 0.25) is 0 Å². The SMILES string of the molecule is CC(C)/C=C/CC1CC1C(=O)OCc1ccccc1. The average Bonchev–Trinajstić information content (AvgIpc) is 3.16. The van der Waals surface area contributed by atoms with E-state index >= 15 is 0 Å². The standard InChI is InChI=1S/C17H22O2/c1-13(2)7-6-10-15-11-16(15)17(18)19-12-14-8-4-3-5-9-14/h3-9,13,15-16H,10-12H2,1-2H3/b7-6+. The Balaban J connectivity index is 1.68. The summed E-state index contributed by atoms with van der Waals surface area (Å²) in [5.74, 6) is 1.17. The lowest BCUT2D eigenvalue weighted by Gasteiger charge is -2.04. The lowest BCUT2D eigenvalue weighted by Crippen LogP contribution is -2.08. The number of hydrogen-bond acceptors (Lipinski definition) is 2. The summed E-state index contributed by atoms with van der Waals surface area (Å²) in [6.45, 7) is 4.72. The molecule has 0 spiro atoms. The Morgan fingerprint density at radius 3 is 2.79 bits per heavy atom. The van der Waals surface area contributed by atoms with Gasteiger partial charge in [0.05, 0.1) is 5.92 Å². The Bertz CT molecular complexity index is 434. The Hall–Kier alpha value is -1.57. The molecule has 2 unspecified atom stereocenters. The van der Waals surface area contributed by atoms with Crippen LogP contribution in [0.4, 0.5) is 0 Å². The molecule has 0 amide bonds. The van der Waals surface area contributed by atoms with Gasteiger partial charge in [0, 0.05) is 0 Å². The summed E-state index contributed by atoms with van der Waals surface area (Å²) in [4.78, 5) is 11.8. The van der Waals surface area contributed by atoms with E-state index in [1.807, 2.05) is 30.3 Å². The molecule has 1 saturated carbocycles. The van der Waals surface area contributed by atoms with E-state index < -0.39 is 0 Å². The molecular weight excluding hydrogens is 236 g/mol. The van der Waals surface area contributed by atoms with E-state index in [-0.39, 0.29) is 11.9 Å². The molecule has 0 heterocycles. The third kappa shape index (κ3) is 4.55. The van der Waals surface area contributed by atoms with E-state index in [2.05, 4.69) is 26.0 Å². The first-order valence-electron chi connectivity index (χ1n) is 7.04. The number of rotatable bonds is 6. The molecule has 2 nitrogen and oxygen atoms in total. The highest BCUT2D eigenvalue weighted by molar-refractivity contribution is 5.75. The highest BCUT2D eigenvalue weighted by atomic mass is 16.5. The van der Waals surface area contributed by atoms with Gasteiger partial charge in [-0.3, -0.25) is 4.79 Å². The summed E-state index contributed by atoms with van der Waals surface area (Å²) < 4.78 is 5.35. The Kier molecular flexibility index (Phi) is 4.78. The van der Waals surface area contributed by atoms with E-state index in [9.17, 15) is 4.79 Å². The fourth-order valence-electron chi connectivity index (χ4n) is 2.16. The summed E-state index contributed by atoms with van der Waals surface area (Å²) in [5.41, 5.74) is 1.05. The van der Waals surface area contributed by atoms with Crippen molar-refractivity contribution in [3.05, 3.63) is 48.0 Å². The van der Waals surface area contributed by atoms with E-state index in [0.717, 1.165) is 18.4 Å². The largest absolute Gasteiger partial charge is 0.461 e. The van der Waals surface area contributed by atoms with Crippen LogP contribution >= 0.6 is 0 Å². The van der Waals surface area contributed by atoms with E-state index in [0.29, 0.717) is 18.4 Å². The summed E-state index contributed by atoms with van der Waals surface area (Å²) in [6.07, 6.45) is 6.38. The number of ether oxygens (including phenoxy) is 1.